The minimum absolute atomic E-state index is 0.523. The lowest BCUT2D eigenvalue weighted by molar-refractivity contribution is -0.134. The number of amidine groups is 1. The Kier molecular flexibility index (Phi) is 22.3. The lowest BCUT2D eigenvalue weighted by atomic mass is 9.90. The third kappa shape index (κ3) is 17.7. The number of nitrogens with one attached hydrogen (secondary N) is 2. The van der Waals surface area contributed by atoms with Crippen molar-refractivity contribution in [2.45, 2.75) is 87.0 Å². The number of benzene rings is 1. The van der Waals surface area contributed by atoms with Crippen LogP contribution in [-0.2, 0) is 4.79 Å². The van der Waals surface area contributed by atoms with Crippen LogP contribution in [0, 0.1) is 24.2 Å². The van der Waals surface area contributed by atoms with Crippen molar-refractivity contribution in [2.24, 2.45) is 10.9 Å². The van der Waals surface area contributed by atoms with E-state index < -0.39 is 12.6 Å². The van der Waals surface area contributed by atoms with Crippen molar-refractivity contribution < 1.29 is 14.3 Å². The van der Waals surface area contributed by atoms with E-state index in [1.165, 1.54) is 37.1 Å². The molecule has 2 unspecified atom stereocenters. The first-order chi connectivity index (χ1) is 19.0. The first-order valence-corrected chi connectivity index (χ1v) is 13.7. The zero-order valence-electron chi connectivity index (χ0n) is 25.7. The maximum atomic E-state index is 12.5. The summed E-state index contributed by atoms with van der Waals surface area (Å²) in [5.41, 5.74) is 5.92. The summed E-state index contributed by atoms with van der Waals surface area (Å²) in [5, 5.41) is 19.2. The molecule has 0 amide bonds. The minimum atomic E-state index is -0.833. The molecule has 6 heteroatoms. The molecule has 1 rings (SSSR count). The summed E-state index contributed by atoms with van der Waals surface area (Å²) < 4.78 is 12.5. The molecule has 0 aliphatic heterocycles. The maximum absolute atomic E-state index is 12.5. The Bertz CT molecular complexity index is 1050. The smallest absolute Gasteiger partial charge is 0.300 e. The number of nitrogens with zero attached hydrogens (tertiary/aromatic N) is 1. The van der Waals surface area contributed by atoms with Crippen LogP contribution in [0.3, 0.4) is 0 Å². The average molecular weight is 552 g/mol. The van der Waals surface area contributed by atoms with Crippen molar-refractivity contribution in [2.75, 3.05) is 6.67 Å². The van der Waals surface area contributed by atoms with Gasteiger partial charge in [-0.05, 0) is 63.2 Å². The van der Waals surface area contributed by atoms with Gasteiger partial charge >= 0.3 is 0 Å². The summed E-state index contributed by atoms with van der Waals surface area (Å²) in [6, 6.07) is 8.47. The van der Waals surface area contributed by atoms with Crippen LogP contribution in [0.2, 0.25) is 0 Å². The fourth-order valence-corrected chi connectivity index (χ4v) is 3.30. The van der Waals surface area contributed by atoms with Gasteiger partial charge in [-0.1, -0.05) is 81.7 Å². The second-order valence-corrected chi connectivity index (χ2v) is 9.73. The monoisotopic (exact) mass is 551 g/mol. The van der Waals surface area contributed by atoms with Gasteiger partial charge in [-0.3, -0.25) is 4.79 Å². The lowest BCUT2D eigenvalue weighted by Gasteiger charge is -2.15. The van der Waals surface area contributed by atoms with Gasteiger partial charge < -0.3 is 15.8 Å². The van der Waals surface area contributed by atoms with Gasteiger partial charge in [-0.2, -0.15) is 0 Å². The van der Waals surface area contributed by atoms with Crippen LogP contribution in [-0.4, -0.2) is 29.3 Å². The molecule has 0 aromatic heterocycles. The van der Waals surface area contributed by atoms with Gasteiger partial charge in [0.15, 0.2) is 0 Å². The number of halogens is 1. The minimum Gasteiger partial charge on any atom is -0.481 e. The molecule has 40 heavy (non-hydrogen) atoms. The highest BCUT2D eigenvalue weighted by atomic mass is 19.1. The van der Waals surface area contributed by atoms with Crippen LogP contribution < -0.4 is 5.32 Å². The third-order valence-corrected chi connectivity index (χ3v) is 6.28. The van der Waals surface area contributed by atoms with E-state index in [2.05, 4.69) is 68.2 Å². The number of carboxylic acids is 1. The van der Waals surface area contributed by atoms with Crippen molar-refractivity contribution in [3.05, 3.63) is 82.7 Å². The summed E-state index contributed by atoms with van der Waals surface area (Å²) in [6.07, 6.45) is 21.0. The van der Waals surface area contributed by atoms with Crippen LogP contribution in [0.5, 0.6) is 0 Å². The number of aliphatic carboxylic acids is 1. The van der Waals surface area contributed by atoms with E-state index in [1.54, 1.807) is 0 Å². The molecule has 1 aromatic carbocycles. The quantitative estimate of drug-likeness (QED) is 0.0989. The first-order valence-electron chi connectivity index (χ1n) is 13.7. The number of carboxylic acid groups (broad SMARTS) is 1. The van der Waals surface area contributed by atoms with Gasteiger partial charge in [0.25, 0.3) is 5.97 Å². The van der Waals surface area contributed by atoms with Crippen molar-refractivity contribution in [3.8, 4) is 12.8 Å². The average Bonchev–Trinajstić information content (AvgIpc) is 2.94. The summed E-state index contributed by atoms with van der Waals surface area (Å²) in [4.78, 5) is 13.4. The van der Waals surface area contributed by atoms with E-state index in [-0.39, 0.29) is 0 Å². The maximum Gasteiger partial charge on any atom is 0.300 e. The molecule has 220 valence electrons. The predicted molar refractivity (Wildman–Crippen MR) is 171 cm³/mol. The fourth-order valence-electron chi connectivity index (χ4n) is 3.30. The Morgan fingerprint density at radius 2 is 1.68 bits per heavy atom. The van der Waals surface area contributed by atoms with Crippen LogP contribution in [0.15, 0.2) is 76.6 Å². The molecule has 0 fully saturated rings. The highest BCUT2D eigenvalue weighted by Gasteiger charge is 2.09. The summed E-state index contributed by atoms with van der Waals surface area (Å²) in [6.45, 7) is 15.4. The normalized spacial score (nSPS) is 13.0. The molecule has 0 heterocycles. The molecule has 0 spiro atoms. The molecule has 2 atom stereocenters. The van der Waals surface area contributed by atoms with E-state index in [0.29, 0.717) is 23.9 Å². The number of terminal acetylenes is 1. The highest BCUT2D eigenvalue weighted by molar-refractivity contribution is 6.02. The third-order valence-electron chi connectivity index (χ3n) is 6.28. The Hall–Kier alpha value is -3.72. The SMILES string of the molecule is C#C.C/C=C(C=CCC(=N)c1ccc(C(C)CCC(C)CC)cc1)/C(=N/C=C/CF)NC(C)=C(C)C.CC(=O)O. The van der Waals surface area contributed by atoms with E-state index in [4.69, 9.17) is 15.3 Å². The Morgan fingerprint density at radius 1 is 1.10 bits per heavy atom. The molecule has 3 N–H and O–H groups in total. The number of allylic oxidation sites excluding steroid dienone is 5. The number of hydrogen-bond acceptors (Lipinski definition) is 3. The Balaban J connectivity index is 0. The summed E-state index contributed by atoms with van der Waals surface area (Å²) in [5.74, 6) is 1.13. The Morgan fingerprint density at radius 3 is 2.15 bits per heavy atom. The van der Waals surface area contributed by atoms with Gasteiger partial charge in [0.05, 0.1) is 0 Å². The van der Waals surface area contributed by atoms with Crippen LogP contribution >= 0.6 is 0 Å². The molecular formula is C34H50FN3O2. The van der Waals surface area contributed by atoms with E-state index in [9.17, 15) is 4.39 Å². The summed E-state index contributed by atoms with van der Waals surface area (Å²) >= 11 is 0. The number of hydrogen-bond donors (Lipinski definition) is 3. The standard InChI is InChI=1S/C30H44FN3.C2H4O2.C2H2/c1-8-23(5)14-15-24(6)27-16-18-28(19-17-27)29(32)13-10-12-26(9-2)30(33-21-11-20-31)34-25(7)22(3)4;1-2(3)4;1-2/h9-12,16-19,21,23-24,32H,8,13-15,20H2,1-7H3,(H,33,34);1H3,(H,3,4);1-2H/b12-10?,21-11+,26-9+,32-29?;;. The van der Waals surface area contributed by atoms with Crippen molar-refractivity contribution in [3.63, 3.8) is 0 Å². The fraction of sp³-hybridized carbons (Fsp3) is 0.441. The molecule has 5 nitrogen and oxygen atoms in total. The number of rotatable bonds is 13. The topological polar surface area (TPSA) is 85.5 Å². The predicted octanol–water partition coefficient (Wildman–Crippen LogP) is 9.00. The van der Waals surface area contributed by atoms with Gasteiger partial charge in [-0.15, -0.1) is 12.8 Å². The first kappa shape index (κ1) is 38.4. The largest absolute Gasteiger partial charge is 0.481 e. The molecule has 0 saturated carbocycles. The summed E-state index contributed by atoms with van der Waals surface area (Å²) in [7, 11) is 0. The lowest BCUT2D eigenvalue weighted by Crippen LogP contribution is -2.23. The number of alkyl halides is 1. The molecule has 0 bridgehead atoms. The van der Waals surface area contributed by atoms with Crippen molar-refractivity contribution in [1.29, 1.82) is 5.41 Å². The van der Waals surface area contributed by atoms with E-state index in [1.807, 2.05) is 45.9 Å². The van der Waals surface area contributed by atoms with Gasteiger partial charge in [0.2, 0.25) is 0 Å². The molecule has 0 aliphatic carbocycles. The van der Waals surface area contributed by atoms with Crippen LogP contribution in [0.25, 0.3) is 0 Å². The molecular weight excluding hydrogens is 501 g/mol. The van der Waals surface area contributed by atoms with Crippen LogP contribution in [0.1, 0.15) is 98.1 Å². The van der Waals surface area contributed by atoms with E-state index >= 15 is 0 Å². The zero-order chi connectivity index (χ0) is 31.1. The van der Waals surface area contributed by atoms with Gasteiger partial charge in [0.1, 0.15) is 12.5 Å². The number of carbonyl (C=O) groups is 1. The molecule has 1 aromatic rings. The van der Waals surface area contributed by atoms with Gasteiger partial charge in [-0.25, -0.2) is 9.38 Å². The van der Waals surface area contributed by atoms with Gasteiger partial charge in [0, 0.05) is 36.5 Å². The second-order valence-electron chi connectivity index (χ2n) is 9.73. The molecule has 0 radical (unpaired) electrons. The Labute approximate surface area is 242 Å². The van der Waals surface area contributed by atoms with Crippen LogP contribution in [0.4, 0.5) is 4.39 Å². The van der Waals surface area contributed by atoms with E-state index in [0.717, 1.165) is 35.2 Å². The van der Waals surface area contributed by atoms with Crippen molar-refractivity contribution >= 4 is 17.5 Å². The highest BCUT2D eigenvalue weighted by Crippen LogP contribution is 2.24. The zero-order valence-corrected chi connectivity index (χ0v) is 25.7. The number of aliphatic imine (C=N–C) groups is 1. The van der Waals surface area contributed by atoms with Crippen molar-refractivity contribution in [1.82, 2.24) is 5.32 Å². The second kappa shape index (κ2) is 23.2. The molecule has 0 saturated heterocycles. The molecule has 0 aliphatic rings.